The zero-order chi connectivity index (χ0) is 14.2. The number of pyridine rings is 1. The van der Waals surface area contributed by atoms with E-state index in [-0.39, 0.29) is 26.2 Å². The van der Waals surface area contributed by atoms with Gasteiger partial charge in [-0.15, -0.1) is 0 Å². The van der Waals surface area contributed by atoms with Gasteiger partial charge in [-0.05, 0) is 12.1 Å². The molecule has 7 heteroatoms. The Bertz CT molecular complexity index is 650. The van der Waals surface area contributed by atoms with Crippen LogP contribution in [0.1, 0.15) is 10.4 Å². The second kappa shape index (κ2) is 5.55. The number of aromatic nitrogens is 1. The molecule has 98 valence electrons. The molecule has 1 heterocycles. The van der Waals surface area contributed by atoms with Crippen molar-refractivity contribution in [2.24, 2.45) is 0 Å². The zero-order valence-electron chi connectivity index (χ0n) is 9.12. The molecule has 0 bridgehead atoms. The smallest absolute Gasteiger partial charge is 0.337 e. The molecule has 3 nitrogen and oxygen atoms in total. The fraction of sp³-hybridized carbons (Fsp3) is 0. The van der Waals surface area contributed by atoms with E-state index in [1.807, 2.05) is 0 Å². The number of carbonyl (C=O) groups is 1. The van der Waals surface area contributed by atoms with E-state index < -0.39 is 5.97 Å². The molecule has 0 unspecified atom stereocenters. The third kappa shape index (κ3) is 2.79. The van der Waals surface area contributed by atoms with Gasteiger partial charge < -0.3 is 5.11 Å². The first kappa shape index (κ1) is 14.4. The van der Waals surface area contributed by atoms with Gasteiger partial charge in [0, 0.05) is 28.5 Å². The monoisotopic (exact) mass is 335 g/mol. The number of aromatic carboxylic acids is 1. The largest absolute Gasteiger partial charge is 0.478 e. The molecule has 2 aromatic rings. The third-order valence-electron chi connectivity index (χ3n) is 2.39. The van der Waals surface area contributed by atoms with Gasteiger partial charge in [0.25, 0.3) is 0 Å². The van der Waals surface area contributed by atoms with E-state index in [0.29, 0.717) is 10.6 Å². The highest BCUT2D eigenvalue weighted by molar-refractivity contribution is 6.42. The highest BCUT2D eigenvalue weighted by atomic mass is 35.5. The summed E-state index contributed by atoms with van der Waals surface area (Å²) in [4.78, 5) is 15.1. The van der Waals surface area contributed by atoms with Gasteiger partial charge in [0.15, 0.2) is 0 Å². The lowest BCUT2D eigenvalue weighted by Crippen LogP contribution is -2.02. The topological polar surface area (TPSA) is 50.2 Å². The van der Waals surface area contributed by atoms with Gasteiger partial charge in [0.05, 0.1) is 20.6 Å². The second-order valence-electron chi connectivity index (χ2n) is 3.59. The maximum Gasteiger partial charge on any atom is 0.337 e. The molecule has 0 atom stereocenters. The van der Waals surface area contributed by atoms with Gasteiger partial charge in [0.1, 0.15) is 0 Å². The molecule has 1 N–H and O–H groups in total. The Morgan fingerprint density at radius 2 is 1.58 bits per heavy atom. The molecular weight excluding hydrogens is 332 g/mol. The Kier molecular flexibility index (Phi) is 4.21. The fourth-order valence-electron chi connectivity index (χ4n) is 1.64. The molecule has 0 radical (unpaired) electrons. The van der Waals surface area contributed by atoms with Crippen molar-refractivity contribution >= 4 is 52.4 Å². The Hall–Kier alpha value is -1.000. The summed E-state index contributed by atoms with van der Waals surface area (Å²) in [5.41, 5.74) is 0.467. The maximum absolute atomic E-state index is 11.3. The van der Waals surface area contributed by atoms with Crippen molar-refractivity contribution in [3.8, 4) is 11.1 Å². The first-order valence-electron chi connectivity index (χ1n) is 4.93. The van der Waals surface area contributed by atoms with Crippen molar-refractivity contribution in [3.05, 3.63) is 50.2 Å². The minimum absolute atomic E-state index is 0.00656. The predicted octanol–water partition coefficient (Wildman–Crippen LogP) is 5.06. The van der Waals surface area contributed by atoms with E-state index in [1.165, 1.54) is 24.5 Å². The fourth-order valence-corrected chi connectivity index (χ4v) is 2.90. The van der Waals surface area contributed by atoms with Crippen LogP contribution in [0.25, 0.3) is 11.1 Å². The molecule has 1 aromatic carbocycles. The third-order valence-corrected chi connectivity index (χ3v) is 3.49. The SMILES string of the molecule is O=C(O)c1c(Cl)cncc1-c1c(Cl)cc(Cl)cc1Cl. The Morgan fingerprint density at radius 1 is 1.00 bits per heavy atom. The summed E-state index contributed by atoms with van der Waals surface area (Å²) in [6, 6.07) is 2.94. The summed E-state index contributed by atoms with van der Waals surface area (Å²) < 4.78 is 0. The van der Waals surface area contributed by atoms with Crippen LogP contribution >= 0.6 is 46.4 Å². The van der Waals surface area contributed by atoms with Crippen LogP contribution in [-0.2, 0) is 0 Å². The molecule has 0 aliphatic rings. The van der Waals surface area contributed by atoms with E-state index in [2.05, 4.69) is 4.98 Å². The molecule has 2 rings (SSSR count). The van der Waals surface area contributed by atoms with Crippen molar-refractivity contribution in [1.29, 1.82) is 0 Å². The van der Waals surface area contributed by atoms with Crippen LogP contribution in [0.2, 0.25) is 20.1 Å². The molecule has 0 saturated heterocycles. The van der Waals surface area contributed by atoms with Crippen LogP contribution in [0.5, 0.6) is 0 Å². The molecule has 0 fully saturated rings. The standard InChI is InChI=1S/C12H5Cl4NO2/c13-5-1-7(14)10(8(15)2-5)6-3-17-4-9(16)11(6)12(18)19/h1-4H,(H,18,19). The van der Waals surface area contributed by atoms with Crippen LogP contribution in [0.3, 0.4) is 0 Å². The first-order chi connectivity index (χ1) is 8.91. The summed E-state index contributed by atoms with van der Waals surface area (Å²) in [6.45, 7) is 0. The van der Waals surface area contributed by atoms with Crippen molar-refractivity contribution < 1.29 is 9.90 Å². The van der Waals surface area contributed by atoms with E-state index >= 15 is 0 Å². The van der Waals surface area contributed by atoms with Gasteiger partial charge in [-0.1, -0.05) is 46.4 Å². The maximum atomic E-state index is 11.3. The minimum atomic E-state index is -1.19. The lowest BCUT2D eigenvalue weighted by molar-refractivity contribution is 0.0698. The summed E-state index contributed by atoms with van der Waals surface area (Å²) >= 11 is 23.8. The zero-order valence-corrected chi connectivity index (χ0v) is 12.1. The van der Waals surface area contributed by atoms with Crippen LogP contribution in [0.15, 0.2) is 24.5 Å². The van der Waals surface area contributed by atoms with Crippen LogP contribution < -0.4 is 0 Å². The number of rotatable bonds is 2. The minimum Gasteiger partial charge on any atom is -0.478 e. The van der Waals surface area contributed by atoms with E-state index in [0.717, 1.165) is 0 Å². The quantitative estimate of drug-likeness (QED) is 0.833. The average molecular weight is 337 g/mol. The van der Waals surface area contributed by atoms with Crippen molar-refractivity contribution in [3.63, 3.8) is 0 Å². The predicted molar refractivity (Wildman–Crippen MR) is 76.7 cm³/mol. The molecule has 0 amide bonds. The number of halogens is 4. The number of hydrogen-bond donors (Lipinski definition) is 1. The number of benzene rings is 1. The van der Waals surface area contributed by atoms with E-state index in [4.69, 9.17) is 46.4 Å². The highest BCUT2D eigenvalue weighted by Crippen LogP contribution is 2.39. The van der Waals surface area contributed by atoms with Crippen molar-refractivity contribution in [1.82, 2.24) is 4.98 Å². The van der Waals surface area contributed by atoms with Crippen LogP contribution in [-0.4, -0.2) is 16.1 Å². The molecule has 0 saturated carbocycles. The van der Waals surface area contributed by atoms with E-state index in [9.17, 15) is 9.90 Å². The number of carboxylic acids is 1. The van der Waals surface area contributed by atoms with Gasteiger partial charge in [-0.25, -0.2) is 4.79 Å². The second-order valence-corrected chi connectivity index (χ2v) is 5.25. The Morgan fingerprint density at radius 3 is 2.11 bits per heavy atom. The molecule has 0 spiro atoms. The summed E-state index contributed by atoms with van der Waals surface area (Å²) in [6.07, 6.45) is 2.59. The highest BCUT2D eigenvalue weighted by Gasteiger charge is 2.20. The van der Waals surface area contributed by atoms with Crippen molar-refractivity contribution in [2.45, 2.75) is 0 Å². The number of hydrogen-bond acceptors (Lipinski definition) is 2. The van der Waals surface area contributed by atoms with Gasteiger partial charge in [0.2, 0.25) is 0 Å². The van der Waals surface area contributed by atoms with Crippen molar-refractivity contribution in [2.75, 3.05) is 0 Å². The number of carboxylic acid groups (broad SMARTS) is 1. The summed E-state index contributed by atoms with van der Waals surface area (Å²) in [7, 11) is 0. The summed E-state index contributed by atoms with van der Waals surface area (Å²) in [5, 5.41) is 10.0. The van der Waals surface area contributed by atoms with Gasteiger partial charge in [-0.3, -0.25) is 4.98 Å². The molecule has 1 aromatic heterocycles. The van der Waals surface area contributed by atoms with Gasteiger partial charge >= 0.3 is 5.97 Å². The molecule has 0 aliphatic carbocycles. The molecule has 19 heavy (non-hydrogen) atoms. The summed E-state index contributed by atoms with van der Waals surface area (Å²) in [5.74, 6) is -1.19. The number of nitrogens with zero attached hydrogens (tertiary/aromatic N) is 1. The Balaban J connectivity index is 2.80. The van der Waals surface area contributed by atoms with Gasteiger partial charge in [-0.2, -0.15) is 0 Å². The lowest BCUT2D eigenvalue weighted by Gasteiger charge is -2.11. The normalized spacial score (nSPS) is 10.5. The first-order valence-corrected chi connectivity index (χ1v) is 6.44. The molecular formula is C12H5Cl4NO2. The Labute approximate surface area is 128 Å². The average Bonchev–Trinajstić information content (AvgIpc) is 2.26. The lowest BCUT2D eigenvalue weighted by atomic mass is 10.0. The van der Waals surface area contributed by atoms with Crippen LogP contribution in [0, 0.1) is 0 Å². The molecule has 0 aliphatic heterocycles. The van der Waals surface area contributed by atoms with E-state index in [1.54, 1.807) is 0 Å². The van der Waals surface area contributed by atoms with Crippen LogP contribution in [0.4, 0.5) is 0 Å².